The van der Waals surface area contributed by atoms with Gasteiger partial charge in [-0.1, -0.05) is 11.3 Å². The minimum absolute atomic E-state index is 0.0166. The van der Waals surface area contributed by atoms with E-state index in [0.29, 0.717) is 5.56 Å². The highest BCUT2D eigenvalue weighted by Gasteiger charge is 2.18. The molecule has 0 bridgehead atoms. The number of carboxylic acids is 1. The summed E-state index contributed by atoms with van der Waals surface area (Å²) in [4.78, 5) is 14.9. The number of aromatic nitrogens is 1. The monoisotopic (exact) mass is 268 g/mol. The molecule has 0 radical (unpaired) electrons. The zero-order chi connectivity index (χ0) is 13.3. The number of aromatic carboxylic acids is 1. The number of nitrogens with zero attached hydrogens (tertiary/aromatic N) is 1. The van der Waals surface area contributed by atoms with Gasteiger partial charge < -0.3 is 15.6 Å². The number of hydrogen-bond acceptors (Lipinski definition) is 5. The molecule has 0 atom stereocenters. The van der Waals surface area contributed by atoms with Gasteiger partial charge in [-0.2, -0.15) is 0 Å². The average molecular weight is 268 g/mol. The van der Waals surface area contributed by atoms with Crippen molar-refractivity contribution in [3.8, 4) is 17.0 Å². The minimum atomic E-state index is -1.14. The van der Waals surface area contributed by atoms with Gasteiger partial charge in [-0.3, -0.25) is 0 Å². The largest absolute Gasteiger partial charge is 0.494 e. The maximum absolute atomic E-state index is 13.5. The van der Waals surface area contributed by atoms with Crippen molar-refractivity contribution in [1.82, 2.24) is 4.98 Å². The normalized spacial score (nSPS) is 10.3. The lowest BCUT2D eigenvalue weighted by Crippen LogP contribution is -1.96. The summed E-state index contributed by atoms with van der Waals surface area (Å²) >= 11 is 0.847. The molecule has 0 saturated carbocycles. The minimum Gasteiger partial charge on any atom is -0.494 e. The van der Waals surface area contributed by atoms with E-state index >= 15 is 0 Å². The molecule has 7 heteroatoms. The summed E-state index contributed by atoms with van der Waals surface area (Å²) in [5.74, 6) is -1.65. The zero-order valence-electron chi connectivity index (χ0n) is 9.31. The van der Waals surface area contributed by atoms with Gasteiger partial charge in [0.05, 0.1) is 12.8 Å². The van der Waals surface area contributed by atoms with Gasteiger partial charge in [0.15, 0.2) is 16.7 Å². The third-order valence-electron chi connectivity index (χ3n) is 2.26. The highest BCUT2D eigenvalue weighted by molar-refractivity contribution is 7.17. The summed E-state index contributed by atoms with van der Waals surface area (Å²) in [5.41, 5.74) is 5.98. The van der Waals surface area contributed by atoms with E-state index in [1.807, 2.05) is 0 Å². The molecule has 0 aliphatic carbocycles. The van der Waals surface area contributed by atoms with Crippen LogP contribution in [0.15, 0.2) is 18.2 Å². The van der Waals surface area contributed by atoms with Crippen molar-refractivity contribution in [3.05, 3.63) is 28.9 Å². The van der Waals surface area contributed by atoms with Crippen LogP contribution >= 0.6 is 11.3 Å². The first-order valence-corrected chi connectivity index (χ1v) is 5.68. The van der Waals surface area contributed by atoms with Crippen molar-refractivity contribution in [3.63, 3.8) is 0 Å². The van der Waals surface area contributed by atoms with Gasteiger partial charge in [-0.25, -0.2) is 14.2 Å². The molecule has 0 aliphatic rings. The molecule has 0 aliphatic heterocycles. The first-order valence-electron chi connectivity index (χ1n) is 4.86. The molecule has 2 rings (SSSR count). The van der Waals surface area contributed by atoms with Crippen LogP contribution in [0.3, 0.4) is 0 Å². The first-order chi connectivity index (χ1) is 8.52. The summed E-state index contributed by atoms with van der Waals surface area (Å²) in [7, 11) is 1.35. The van der Waals surface area contributed by atoms with E-state index in [4.69, 9.17) is 15.6 Å². The predicted molar refractivity (Wildman–Crippen MR) is 65.4 cm³/mol. The SMILES string of the molecule is COc1ccc(-c2nc(N)sc2C(=O)O)cc1F. The molecule has 0 spiro atoms. The Hall–Kier alpha value is -2.15. The Bertz CT molecular complexity index is 612. The average Bonchev–Trinajstić information content (AvgIpc) is 2.71. The van der Waals surface area contributed by atoms with E-state index in [-0.39, 0.29) is 21.5 Å². The van der Waals surface area contributed by atoms with Crippen LogP contribution in [-0.4, -0.2) is 23.2 Å². The third kappa shape index (κ3) is 2.12. The number of anilines is 1. The van der Waals surface area contributed by atoms with Crippen molar-refractivity contribution >= 4 is 22.4 Å². The van der Waals surface area contributed by atoms with E-state index < -0.39 is 11.8 Å². The second-order valence-electron chi connectivity index (χ2n) is 3.38. The molecular formula is C11H9FN2O3S. The Morgan fingerprint density at radius 3 is 2.83 bits per heavy atom. The van der Waals surface area contributed by atoms with Crippen molar-refractivity contribution in [2.75, 3.05) is 12.8 Å². The Morgan fingerprint density at radius 2 is 2.28 bits per heavy atom. The molecule has 0 unspecified atom stereocenters. The number of nitrogens with two attached hydrogens (primary N) is 1. The van der Waals surface area contributed by atoms with E-state index in [1.54, 1.807) is 0 Å². The van der Waals surface area contributed by atoms with Crippen molar-refractivity contribution in [1.29, 1.82) is 0 Å². The van der Waals surface area contributed by atoms with Crippen LogP contribution in [0, 0.1) is 5.82 Å². The first kappa shape index (κ1) is 12.3. The van der Waals surface area contributed by atoms with E-state index in [1.165, 1.54) is 25.3 Å². The summed E-state index contributed by atoms with van der Waals surface area (Å²) in [6.07, 6.45) is 0. The zero-order valence-corrected chi connectivity index (χ0v) is 10.1. The second-order valence-corrected chi connectivity index (χ2v) is 4.41. The topological polar surface area (TPSA) is 85.4 Å². The Balaban J connectivity index is 2.55. The summed E-state index contributed by atoms with van der Waals surface area (Å²) in [5, 5.41) is 9.13. The molecule has 94 valence electrons. The van der Waals surface area contributed by atoms with Crippen LogP contribution < -0.4 is 10.5 Å². The molecule has 0 fully saturated rings. The van der Waals surface area contributed by atoms with E-state index in [0.717, 1.165) is 11.3 Å². The molecule has 18 heavy (non-hydrogen) atoms. The number of ether oxygens (including phenoxy) is 1. The number of carbonyl (C=O) groups is 1. The van der Waals surface area contributed by atoms with Crippen molar-refractivity contribution in [2.24, 2.45) is 0 Å². The Morgan fingerprint density at radius 1 is 1.56 bits per heavy atom. The number of benzene rings is 1. The fourth-order valence-electron chi connectivity index (χ4n) is 1.49. The number of halogens is 1. The van der Waals surface area contributed by atoms with E-state index in [9.17, 15) is 9.18 Å². The second kappa shape index (κ2) is 4.61. The fraction of sp³-hybridized carbons (Fsp3) is 0.0909. The summed E-state index contributed by atoms with van der Waals surface area (Å²) in [6, 6.07) is 4.11. The number of hydrogen-bond donors (Lipinski definition) is 2. The van der Waals surface area contributed by atoms with Crippen LogP contribution in [0.2, 0.25) is 0 Å². The van der Waals surface area contributed by atoms with Crippen LogP contribution in [0.1, 0.15) is 9.67 Å². The van der Waals surface area contributed by atoms with Gasteiger partial charge in [-0.15, -0.1) is 0 Å². The lowest BCUT2D eigenvalue weighted by molar-refractivity contribution is 0.0702. The molecule has 5 nitrogen and oxygen atoms in total. The highest BCUT2D eigenvalue weighted by Crippen LogP contribution is 2.31. The van der Waals surface area contributed by atoms with Gasteiger partial charge in [0.1, 0.15) is 4.88 Å². The van der Waals surface area contributed by atoms with Gasteiger partial charge in [0.2, 0.25) is 0 Å². The molecule has 3 N–H and O–H groups in total. The molecule has 1 heterocycles. The number of methoxy groups -OCH3 is 1. The maximum atomic E-state index is 13.5. The van der Waals surface area contributed by atoms with Gasteiger partial charge in [-0.05, 0) is 18.2 Å². The van der Waals surface area contributed by atoms with Crippen LogP contribution in [0.25, 0.3) is 11.3 Å². The van der Waals surface area contributed by atoms with Crippen LogP contribution in [0.5, 0.6) is 5.75 Å². The van der Waals surface area contributed by atoms with Crippen molar-refractivity contribution < 1.29 is 19.0 Å². The molecule has 1 aromatic heterocycles. The lowest BCUT2D eigenvalue weighted by Gasteiger charge is -2.04. The third-order valence-corrected chi connectivity index (χ3v) is 3.14. The number of rotatable bonds is 3. The van der Waals surface area contributed by atoms with Crippen molar-refractivity contribution in [2.45, 2.75) is 0 Å². The fourth-order valence-corrected chi connectivity index (χ4v) is 2.18. The smallest absolute Gasteiger partial charge is 0.348 e. The highest BCUT2D eigenvalue weighted by atomic mass is 32.1. The predicted octanol–water partition coefficient (Wildman–Crippen LogP) is 2.24. The van der Waals surface area contributed by atoms with Gasteiger partial charge in [0, 0.05) is 5.56 Å². The van der Waals surface area contributed by atoms with E-state index in [2.05, 4.69) is 4.98 Å². The van der Waals surface area contributed by atoms with Gasteiger partial charge in [0.25, 0.3) is 0 Å². The van der Waals surface area contributed by atoms with Crippen LogP contribution in [0.4, 0.5) is 9.52 Å². The van der Waals surface area contributed by atoms with Gasteiger partial charge >= 0.3 is 5.97 Å². The quantitative estimate of drug-likeness (QED) is 0.891. The number of thiazole rings is 1. The Kier molecular flexibility index (Phi) is 3.15. The Labute approximate surface area is 106 Å². The number of carboxylic acid groups (broad SMARTS) is 1. The standard InChI is InChI=1S/C11H9FN2O3S/c1-17-7-3-2-5(4-6(7)12)8-9(10(15)16)18-11(13)14-8/h2-4H,1H3,(H2,13,14)(H,15,16). The lowest BCUT2D eigenvalue weighted by atomic mass is 10.1. The molecule has 0 saturated heterocycles. The number of nitrogen functional groups attached to an aromatic ring is 1. The van der Waals surface area contributed by atoms with Crippen LogP contribution in [-0.2, 0) is 0 Å². The molecule has 1 aromatic carbocycles. The summed E-state index contributed by atoms with van der Waals surface area (Å²) < 4.78 is 18.3. The molecular weight excluding hydrogens is 259 g/mol. The molecule has 0 amide bonds. The summed E-state index contributed by atoms with van der Waals surface area (Å²) in [6.45, 7) is 0. The molecule has 2 aromatic rings. The maximum Gasteiger partial charge on any atom is 0.348 e.